The number of ether oxygens (including phenoxy) is 3. The van der Waals surface area contributed by atoms with E-state index in [1.807, 2.05) is 4.90 Å². The number of carbonyl (C=O) groups excluding carboxylic acids is 2. The van der Waals surface area contributed by atoms with Crippen molar-refractivity contribution in [1.29, 1.82) is 0 Å². The van der Waals surface area contributed by atoms with Gasteiger partial charge in [-0.05, 0) is 17.7 Å². The third kappa shape index (κ3) is 4.73. The molecule has 0 bridgehead atoms. The highest BCUT2D eigenvalue weighted by Crippen LogP contribution is 2.40. The molecule has 1 saturated heterocycles. The van der Waals surface area contributed by atoms with Gasteiger partial charge in [-0.1, -0.05) is 12.1 Å². The predicted octanol–water partition coefficient (Wildman–Crippen LogP) is 1.31. The summed E-state index contributed by atoms with van der Waals surface area (Å²) in [5, 5.41) is 12.1. The summed E-state index contributed by atoms with van der Waals surface area (Å²) in [6.45, 7) is 2.50. The van der Waals surface area contributed by atoms with E-state index in [0.717, 1.165) is 0 Å². The lowest BCUT2D eigenvalue weighted by molar-refractivity contribution is -0.117. The molecule has 4 rings (SSSR count). The molecule has 2 heterocycles. The van der Waals surface area contributed by atoms with E-state index in [4.69, 9.17) is 14.2 Å². The first-order chi connectivity index (χ1) is 15.1. The van der Waals surface area contributed by atoms with Crippen LogP contribution in [0.25, 0.3) is 0 Å². The molecule has 2 aromatic carbocycles. The quantitative estimate of drug-likeness (QED) is 0.717. The zero-order valence-corrected chi connectivity index (χ0v) is 17.3. The van der Waals surface area contributed by atoms with E-state index < -0.39 is 0 Å². The molecule has 2 amide bonds. The number of rotatable bonds is 6. The summed E-state index contributed by atoms with van der Waals surface area (Å²) in [6.07, 6.45) is 0. The Kier molecular flexibility index (Phi) is 6.24. The minimum atomic E-state index is -0.174. The first-order valence-corrected chi connectivity index (χ1v) is 10.1. The Hall–Kier alpha value is -3.30. The number of hydrogen-bond acceptors (Lipinski definition) is 7. The van der Waals surface area contributed by atoms with Gasteiger partial charge in [0.05, 0.1) is 25.9 Å². The van der Waals surface area contributed by atoms with Gasteiger partial charge in [-0.2, -0.15) is 0 Å². The molecule has 0 saturated carbocycles. The molecular weight excluding hydrogens is 402 g/mol. The maximum Gasteiger partial charge on any atom is 0.253 e. The van der Waals surface area contributed by atoms with Crippen molar-refractivity contribution in [3.63, 3.8) is 0 Å². The average Bonchev–Trinajstić information content (AvgIpc) is 3.25. The predicted molar refractivity (Wildman–Crippen MR) is 112 cm³/mol. The zero-order valence-electron chi connectivity index (χ0n) is 17.3. The topological polar surface area (TPSA) is 101 Å². The maximum atomic E-state index is 12.7. The molecule has 2 aliphatic heterocycles. The first kappa shape index (κ1) is 21.0. The van der Waals surface area contributed by atoms with E-state index in [1.165, 1.54) is 7.11 Å². The third-order valence-corrected chi connectivity index (χ3v) is 5.35. The number of aliphatic hydroxyl groups excluding tert-OH is 1. The van der Waals surface area contributed by atoms with Crippen molar-refractivity contribution in [3.05, 3.63) is 47.5 Å². The molecule has 2 aliphatic rings. The average molecular weight is 427 g/mol. The zero-order chi connectivity index (χ0) is 21.8. The minimum Gasteiger partial charge on any atom is -0.494 e. The second-order valence-electron chi connectivity index (χ2n) is 7.38. The van der Waals surface area contributed by atoms with Crippen molar-refractivity contribution >= 4 is 17.5 Å². The van der Waals surface area contributed by atoms with Crippen LogP contribution < -0.4 is 19.5 Å². The number of fused-ring (bicyclic) bond motifs is 1. The van der Waals surface area contributed by atoms with Gasteiger partial charge in [0.1, 0.15) is 5.75 Å². The smallest absolute Gasteiger partial charge is 0.253 e. The van der Waals surface area contributed by atoms with Gasteiger partial charge in [0.15, 0.2) is 11.5 Å². The molecule has 2 aromatic rings. The molecule has 164 valence electrons. The largest absolute Gasteiger partial charge is 0.494 e. The second-order valence-corrected chi connectivity index (χ2v) is 7.38. The lowest BCUT2D eigenvalue weighted by atomic mass is 10.1. The van der Waals surface area contributed by atoms with Crippen LogP contribution in [-0.2, 0) is 11.4 Å². The van der Waals surface area contributed by atoms with Gasteiger partial charge in [-0.3, -0.25) is 14.5 Å². The van der Waals surface area contributed by atoms with Crippen LogP contribution in [0.2, 0.25) is 0 Å². The molecule has 2 N–H and O–H groups in total. The standard InChI is InChI=1S/C22H25N3O6/c1-29-18-11-20-19(30-14-31-20)10-17(18)23-21(27)12-24-5-7-25(8-6-24)22(28)16-4-2-3-15(9-16)13-26/h2-4,9-11,26H,5-8,12-14H2,1H3,(H,23,27). The van der Waals surface area contributed by atoms with Crippen molar-refractivity contribution in [2.45, 2.75) is 6.61 Å². The van der Waals surface area contributed by atoms with Crippen molar-refractivity contribution in [3.8, 4) is 17.2 Å². The van der Waals surface area contributed by atoms with E-state index in [0.29, 0.717) is 60.2 Å². The summed E-state index contributed by atoms with van der Waals surface area (Å²) in [4.78, 5) is 29.1. The van der Waals surface area contributed by atoms with E-state index in [-0.39, 0.29) is 31.8 Å². The van der Waals surface area contributed by atoms with E-state index in [2.05, 4.69) is 5.32 Å². The summed E-state index contributed by atoms with van der Waals surface area (Å²) < 4.78 is 16.0. The molecule has 9 nitrogen and oxygen atoms in total. The second kappa shape index (κ2) is 9.23. The molecule has 0 aromatic heterocycles. The van der Waals surface area contributed by atoms with Crippen LogP contribution in [0.3, 0.4) is 0 Å². The van der Waals surface area contributed by atoms with Crippen LogP contribution in [0.5, 0.6) is 17.2 Å². The summed E-state index contributed by atoms with van der Waals surface area (Å²) >= 11 is 0. The van der Waals surface area contributed by atoms with Gasteiger partial charge in [-0.15, -0.1) is 0 Å². The third-order valence-electron chi connectivity index (χ3n) is 5.35. The van der Waals surface area contributed by atoms with Gasteiger partial charge in [0.2, 0.25) is 12.7 Å². The number of amides is 2. The highest BCUT2D eigenvalue weighted by molar-refractivity contribution is 5.95. The fourth-order valence-corrected chi connectivity index (χ4v) is 3.68. The van der Waals surface area contributed by atoms with Gasteiger partial charge in [-0.25, -0.2) is 0 Å². The Morgan fingerprint density at radius 1 is 1.10 bits per heavy atom. The molecule has 0 atom stereocenters. The fraction of sp³-hybridized carbons (Fsp3) is 0.364. The molecule has 0 radical (unpaired) electrons. The number of benzene rings is 2. The normalized spacial score (nSPS) is 15.6. The van der Waals surface area contributed by atoms with Gasteiger partial charge < -0.3 is 29.5 Å². The fourth-order valence-electron chi connectivity index (χ4n) is 3.68. The summed E-state index contributed by atoms with van der Waals surface area (Å²) in [7, 11) is 1.53. The Morgan fingerprint density at radius 2 is 1.84 bits per heavy atom. The highest BCUT2D eigenvalue weighted by atomic mass is 16.7. The minimum absolute atomic E-state index is 0.0653. The Morgan fingerprint density at radius 3 is 2.55 bits per heavy atom. The van der Waals surface area contributed by atoms with Crippen LogP contribution in [-0.4, -0.2) is 73.3 Å². The van der Waals surface area contributed by atoms with Crippen LogP contribution >= 0.6 is 0 Å². The Bertz CT molecular complexity index is 972. The molecule has 0 unspecified atom stereocenters. The lowest BCUT2D eigenvalue weighted by Crippen LogP contribution is -2.50. The van der Waals surface area contributed by atoms with Crippen LogP contribution in [0, 0.1) is 0 Å². The summed E-state index contributed by atoms with van der Waals surface area (Å²) in [5.41, 5.74) is 1.79. The summed E-state index contributed by atoms with van der Waals surface area (Å²) in [5.74, 6) is 1.41. The van der Waals surface area contributed by atoms with Crippen molar-refractivity contribution < 1.29 is 28.9 Å². The number of methoxy groups -OCH3 is 1. The van der Waals surface area contributed by atoms with Crippen LogP contribution in [0.1, 0.15) is 15.9 Å². The number of carbonyl (C=O) groups is 2. The Labute approximate surface area is 180 Å². The first-order valence-electron chi connectivity index (χ1n) is 10.1. The number of anilines is 1. The number of nitrogens with zero attached hydrogens (tertiary/aromatic N) is 2. The Balaban J connectivity index is 1.31. The summed E-state index contributed by atoms with van der Waals surface area (Å²) in [6, 6.07) is 10.4. The highest BCUT2D eigenvalue weighted by Gasteiger charge is 2.24. The van der Waals surface area contributed by atoms with E-state index >= 15 is 0 Å². The molecular formula is C22H25N3O6. The molecule has 31 heavy (non-hydrogen) atoms. The monoisotopic (exact) mass is 427 g/mol. The van der Waals surface area contributed by atoms with E-state index in [9.17, 15) is 14.7 Å². The maximum absolute atomic E-state index is 12.7. The number of hydrogen-bond donors (Lipinski definition) is 2. The molecule has 0 aliphatic carbocycles. The van der Waals surface area contributed by atoms with Crippen LogP contribution in [0.15, 0.2) is 36.4 Å². The number of nitrogens with one attached hydrogen (secondary N) is 1. The number of aliphatic hydroxyl groups is 1. The van der Waals surface area contributed by atoms with Gasteiger partial charge in [0.25, 0.3) is 5.91 Å². The van der Waals surface area contributed by atoms with E-state index in [1.54, 1.807) is 41.3 Å². The van der Waals surface area contributed by atoms with Crippen molar-refractivity contribution in [1.82, 2.24) is 9.80 Å². The van der Waals surface area contributed by atoms with Crippen molar-refractivity contribution in [2.24, 2.45) is 0 Å². The molecule has 0 spiro atoms. The van der Waals surface area contributed by atoms with Gasteiger partial charge in [0, 0.05) is 43.9 Å². The van der Waals surface area contributed by atoms with Crippen molar-refractivity contribution in [2.75, 3.05) is 51.9 Å². The molecule has 1 fully saturated rings. The number of piperazine rings is 1. The molecule has 9 heteroatoms. The SMILES string of the molecule is COc1cc2c(cc1NC(=O)CN1CCN(C(=O)c3cccc(CO)c3)CC1)OCO2. The van der Waals surface area contributed by atoms with Crippen LogP contribution in [0.4, 0.5) is 5.69 Å². The van der Waals surface area contributed by atoms with Gasteiger partial charge >= 0.3 is 0 Å². The lowest BCUT2D eigenvalue weighted by Gasteiger charge is -2.34.